The molecule has 3 aliphatic heterocycles. The van der Waals surface area contributed by atoms with Gasteiger partial charge in [-0.3, -0.25) is 0 Å². The van der Waals surface area contributed by atoms with Crippen molar-refractivity contribution < 1.29 is 9.47 Å². The largest absolute Gasteiger partial charge is 0.493 e. The van der Waals surface area contributed by atoms with Crippen LogP contribution in [0.1, 0.15) is 41.1 Å². The first-order valence-corrected chi connectivity index (χ1v) is 7.01. The van der Waals surface area contributed by atoms with Gasteiger partial charge in [0.1, 0.15) is 23.1 Å². The SMILES string of the molecule is N#Cc1c2c(c(C3CCCN3)c3c1OCC3)OCC2. The van der Waals surface area contributed by atoms with Gasteiger partial charge in [-0.05, 0) is 19.4 Å². The van der Waals surface area contributed by atoms with Crippen LogP contribution in [0, 0.1) is 11.3 Å². The molecule has 0 saturated carbocycles. The van der Waals surface area contributed by atoms with Gasteiger partial charge in [0.15, 0.2) is 0 Å². The Kier molecular flexibility index (Phi) is 2.42. The lowest BCUT2D eigenvalue weighted by Gasteiger charge is -2.19. The van der Waals surface area contributed by atoms with Crippen molar-refractivity contribution in [2.45, 2.75) is 31.7 Å². The zero-order valence-electron chi connectivity index (χ0n) is 10.8. The van der Waals surface area contributed by atoms with Gasteiger partial charge in [-0.15, -0.1) is 0 Å². The molecule has 98 valence electrons. The third-order valence-corrected chi connectivity index (χ3v) is 4.36. The standard InChI is InChI=1S/C15H16N2O2/c16-8-11-9-3-6-19-15(9)13(12-2-1-5-17-12)10-4-7-18-14(10)11/h12,17H,1-7H2. The van der Waals surface area contributed by atoms with Crippen LogP contribution in [0.2, 0.25) is 0 Å². The average Bonchev–Trinajstić information content (AvgIpc) is 3.15. The highest BCUT2D eigenvalue weighted by Crippen LogP contribution is 2.47. The number of hydrogen-bond donors (Lipinski definition) is 1. The van der Waals surface area contributed by atoms with E-state index in [9.17, 15) is 5.26 Å². The molecule has 4 nitrogen and oxygen atoms in total. The minimum absolute atomic E-state index is 0.370. The predicted octanol–water partition coefficient (Wildman–Crippen LogP) is 1.85. The van der Waals surface area contributed by atoms with Gasteiger partial charge in [0, 0.05) is 35.6 Å². The first-order valence-electron chi connectivity index (χ1n) is 7.01. The minimum Gasteiger partial charge on any atom is -0.493 e. The molecule has 19 heavy (non-hydrogen) atoms. The number of benzene rings is 1. The summed E-state index contributed by atoms with van der Waals surface area (Å²) in [4.78, 5) is 0. The molecule has 3 aliphatic rings. The Balaban J connectivity index is 1.98. The van der Waals surface area contributed by atoms with E-state index in [2.05, 4.69) is 11.4 Å². The first kappa shape index (κ1) is 11.1. The Bertz CT molecular complexity index is 548. The molecule has 0 amide bonds. The number of nitrogens with one attached hydrogen (secondary N) is 1. The Morgan fingerprint density at radius 2 is 1.89 bits per heavy atom. The zero-order valence-corrected chi connectivity index (χ0v) is 10.8. The van der Waals surface area contributed by atoms with Gasteiger partial charge >= 0.3 is 0 Å². The summed E-state index contributed by atoms with van der Waals surface area (Å²) in [6, 6.07) is 2.69. The quantitative estimate of drug-likeness (QED) is 0.833. The van der Waals surface area contributed by atoms with Crippen molar-refractivity contribution >= 4 is 0 Å². The van der Waals surface area contributed by atoms with Crippen LogP contribution in [-0.4, -0.2) is 19.8 Å². The van der Waals surface area contributed by atoms with Crippen molar-refractivity contribution in [3.05, 3.63) is 22.3 Å². The molecule has 1 atom stereocenters. The van der Waals surface area contributed by atoms with Crippen molar-refractivity contribution in [2.75, 3.05) is 19.8 Å². The van der Waals surface area contributed by atoms with Crippen molar-refractivity contribution in [1.82, 2.24) is 5.32 Å². The van der Waals surface area contributed by atoms with Gasteiger partial charge in [0.2, 0.25) is 0 Å². The fourth-order valence-electron chi connectivity index (χ4n) is 3.56. The van der Waals surface area contributed by atoms with E-state index < -0.39 is 0 Å². The maximum Gasteiger partial charge on any atom is 0.141 e. The van der Waals surface area contributed by atoms with E-state index in [0.717, 1.165) is 42.9 Å². The van der Waals surface area contributed by atoms with Gasteiger partial charge in [-0.25, -0.2) is 0 Å². The molecule has 0 radical (unpaired) electrons. The normalized spacial score (nSPS) is 23.4. The Labute approximate surface area is 112 Å². The molecule has 4 heteroatoms. The van der Waals surface area contributed by atoms with E-state index in [4.69, 9.17) is 9.47 Å². The second-order valence-electron chi connectivity index (χ2n) is 5.36. The Morgan fingerprint density at radius 3 is 2.63 bits per heavy atom. The summed E-state index contributed by atoms with van der Waals surface area (Å²) in [5, 5.41) is 13.0. The number of hydrogen-bond acceptors (Lipinski definition) is 4. The molecule has 1 saturated heterocycles. The second-order valence-corrected chi connectivity index (χ2v) is 5.36. The minimum atomic E-state index is 0.370. The van der Waals surface area contributed by atoms with Crippen LogP contribution in [0.5, 0.6) is 11.5 Å². The van der Waals surface area contributed by atoms with Crippen LogP contribution in [0.4, 0.5) is 0 Å². The highest BCUT2D eigenvalue weighted by molar-refractivity contribution is 5.66. The highest BCUT2D eigenvalue weighted by atomic mass is 16.5. The van der Waals surface area contributed by atoms with Crippen molar-refractivity contribution in [3.63, 3.8) is 0 Å². The summed E-state index contributed by atoms with van der Waals surface area (Å²) in [7, 11) is 0. The summed E-state index contributed by atoms with van der Waals surface area (Å²) in [6.07, 6.45) is 4.08. The molecule has 4 rings (SSSR count). The van der Waals surface area contributed by atoms with Crippen molar-refractivity contribution in [3.8, 4) is 17.6 Å². The smallest absolute Gasteiger partial charge is 0.141 e. The first-order chi connectivity index (χ1) is 9.40. The van der Waals surface area contributed by atoms with Crippen LogP contribution >= 0.6 is 0 Å². The lowest BCUT2D eigenvalue weighted by Crippen LogP contribution is -2.16. The van der Waals surface area contributed by atoms with E-state index in [-0.39, 0.29) is 0 Å². The number of nitriles is 1. The molecule has 0 aliphatic carbocycles. The van der Waals surface area contributed by atoms with Gasteiger partial charge < -0.3 is 14.8 Å². The Morgan fingerprint density at radius 1 is 1.11 bits per heavy atom. The molecule has 0 bridgehead atoms. The van der Waals surface area contributed by atoms with E-state index in [1.54, 1.807) is 0 Å². The molecular formula is C15H16N2O2. The van der Waals surface area contributed by atoms with E-state index in [1.165, 1.54) is 17.5 Å². The van der Waals surface area contributed by atoms with Gasteiger partial charge in [-0.2, -0.15) is 5.26 Å². The van der Waals surface area contributed by atoms with Crippen molar-refractivity contribution in [1.29, 1.82) is 5.26 Å². The van der Waals surface area contributed by atoms with E-state index in [0.29, 0.717) is 24.8 Å². The molecule has 0 spiro atoms. The number of nitrogens with zero attached hydrogens (tertiary/aromatic N) is 1. The topological polar surface area (TPSA) is 54.3 Å². The summed E-state index contributed by atoms with van der Waals surface area (Å²) in [6.45, 7) is 2.44. The maximum atomic E-state index is 9.42. The molecular weight excluding hydrogens is 240 g/mol. The molecule has 0 aromatic heterocycles. The monoisotopic (exact) mass is 256 g/mol. The second kappa shape index (κ2) is 4.14. The number of rotatable bonds is 1. The molecule has 1 fully saturated rings. The van der Waals surface area contributed by atoms with Gasteiger partial charge in [-0.1, -0.05) is 0 Å². The summed E-state index contributed by atoms with van der Waals surface area (Å²) < 4.78 is 11.6. The highest BCUT2D eigenvalue weighted by Gasteiger charge is 2.35. The van der Waals surface area contributed by atoms with Crippen molar-refractivity contribution in [2.24, 2.45) is 0 Å². The fourth-order valence-corrected chi connectivity index (χ4v) is 3.56. The Hall–Kier alpha value is -1.73. The molecule has 3 heterocycles. The van der Waals surface area contributed by atoms with E-state index in [1.807, 2.05) is 0 Å². The van der Waals surface area contributed by atoms with Crippen LogP contribution in [0.25, 0.3) is 0 Å². The number of fused-ring (bicyclic) bond motifs is 2. The third-order valence-electron chi connectivity index (χ3n) is 4.36. The average molecular weight is 256 g/mol. The lowest BCUT2D eigenvalue weighted by molar-refractivity contribution is 0.349. The van der Waals surface area contributed by atoms with E-state index >= 15 is 0 Å². The molecule has 1 aromatic rings. The van der Waals surface area contributed by atoms with Crippen LogP contribution in [0.15, 0.2) is 0 Å². The maximum absolute atomic E-state index is 9.42. The summed E-state index contributed by atoms with van der Waals surface area (Å²) >= 11 is 0. The van der Waals surface area contributed by atoms with Gasteiger partial charge in [0.05, 0.1) is 13.2 Å². The summed E-state index contributed by atoms with van der Waals surface area (Å²) in [5.41, 5.74) is 4.25. The third kappa shape index (κ3) is 1.48. The fraction of sp³-hybridized carbons (Fsp3) is 0.533. The van der Waals surface area contributed by atoms with Gasteiger partial charge in [0.25, 0.3) is 0 Å². The molecule has 1 unspecified atom stereocenters. The summed E-state index contributed by atoms with van der Waals surface area (Å²) in [5.74, 6) is 1.80. The van der Waals surface area contributed by atoms with Crippen LogP contribution in [-0.2, 0) is 12.8 Å². The zero-order chi connectivity index (χ0) is 12.8. The molecule has 1 N–H and O–H groups in total. The number of ether oxygens (including phenoxy) is 2. The van der Waals surface area contributed by atoms with Crippen LogP contribution in [0.3, 0.4) is 0 Å². The lowest BCUT2D eigenvalue weighted by atomic mass is 9.90. The molecule has 1 aromatic carbocycles. The van der Waals surface area contributed by atoms with Crippen LogP contribution < -0.4 is 14.8 Å². The predicted molar refractivity (Wildman–Crippen MR) is 69.5 cm³/mol.